The summed E-state index contributed by atoms with van der Waals surface area (Å²) in [6, 6.07) is 10.5. The Morgan fingerprint density at radius 1 is 1.12 bits per heavy atom. The summed E-state index contributed by atoms with van der Waals surface area (Å²) in [6.07, 6.45) is 6.24. The Balaban J connectivity index is 1.50. The molecule has 0 amide bonds. The van der Waals surface area contributed by atoms with E-state index in [0.29, 0.717) is 5.84 Å². The molecule has 2 N–H and O–H groups in total. The third kappa shape index (κ3) is 2.69. The van der Waals surface area contributed by atoms with Gasteiger partial charge in [-0.15, -0.1) is 4.52 Å². The predicted molar refractivity (Wildman–Crippen MR) is 93.4 cm³/mol. The Hall–Kier alpha value is -2.60. The van der Waals surface area contributed by atoms with Gasteiger partial charge in [-0.3, -0.25) is 5.41 Å². The number of nitrogens with zero attached hydrogens (tertiary/aromatic N) is 4. The van der Waals surface area contributed by atoms with Crippen molar-refractivity contribution in [3.63, 3.8) is 0 Å². The van der Waals surface area contributed by atoms with Crippen LogP contribution in [-0.2, 0) is 13.6 Å². The van der Waals surface area contributed by atoms with Gasteiger partial charge in [0, 0.05) is 51.1 Å². The number of hydrogen-bond acceptors (Lipinski definition) is 2. The second-order valence-corrected chi connectivity index (χ2v) is 6.30. The maximum Gasteiger partial charge on any atom is 0.307 e. The second kappa shape index (κ2) is 6.13. The molecule has 1 aromatic carbocycles. The molecule has 1 aliphatic rings. The minimum atomic E-state index is 0.630. The lowest BCUT2D eigenvalue weighted by molar-refractivity contribution is -0.661. The Morgan fingerprint density at radius 2 is 1.88 bits per heavy atom. The number of aryl methyl sites for hydroxylation is 1. The fourth-order valence-electron chi connectivity index (χ4n) is 3.28. The summed E-state index contributed by atoms with van der Waals surface area (Å²) in [4.78, 5) is 2.14. The summed E-state index contributed by atoms with van der Waals surface area (Å²) in [7, 11) is 2.04. The highest BCUT2D eigenvalue weighted by molar-refractivity contribution is 5.96. The average Bonchev–Trinajstić information content (AvgIpc) is 3.19. The van der Waals surface area contributed by atoms with Crippen molar-refractivity contribution in [1.29, 1.82) is 5.41 Å². The average molecular weight is 323 g/mol. The maximum atomic E-state index is 8.39. The van der Waals surface area contributed by atoms with E-state index < -0.39 is 0 Å². The molecule has 0 saturated carbocycles. The summed E-state index contributed by atoms with van der Waals surface area (Å²) in [6.45, 7) is 4.57. The zero-order valence-corrected chi connectivity index (χ0v) is 13.9. The number of piperazine rings is 1. The lowest BCUT2D eigenvalue weighted by atomic mass is 10.1. The van der Waals surface area contributed by atoms with Crippen LogP contribution in [0.15, 0.2) is 48.9 Å². The van der Waals surface area contributed by atoms with Crippen molar-refractivity contribution < 1.29 is 4.57 Å². The van der Waals surface area contributed by atoms with Gasteiger partial charge in [-0.1, -0.05) is 24.3 Å². The van der Waals surface area contributed by atoms with E-state index in [1.807, 2.05) is 7.05 Å². The van der Waals surface area contributed by atoms with Crippen molar-refractivity contribution >= 4 is 11.5 Å². The zero-order valence-electron chi connectivity index (χ0n) is 13.9. The lowest BCUT2D eigenvalue weighted by Crippen LogP contribution is -2.46. The molecular weight excluding hydrogens is 300 g/mol. The first-order chi connectivity index (χ1) is 11.7. The van der Waals surface area contributed by atoms with E-state index in [0.717, 1.165) is 38.3 Å². The number of rotatable bonds is 3. The fourth-order valence-corrected chi connectivity index (χ4v) is 3.28. The molecule has 0 bridgehead atoms. The fraction of sp³-hybridized carbons (Fsp3) is 0.333. The first-order valence-electron chi connectivity index (χ1n) is 8.38. The number of amidine groups is 1. The molecule has 6 nitrogen and oxygen atoms in total. The molecule has 1 saturated heterocycles. The van der Waals surface area contributed by atoms with Crippen LogP contribution in [0.1, 0.15) is 11.1 Å². The molecule has 0 unspecified atom stereocenters. The monoisotopic (exact) mass is 323 g/mol. The lowest BCUT2D eigenvalue weighted by Gasteiger charge is -2.29. The number of imidazole rings is 1. The minimum absolute atomic E-state index is 0.630. The Labute approximate surface area is 141 Å². The van der Waals surface area contributed by atoms with Gasteiger partial charge in [0.25, 0.3) is 0 Å². The van der Waals surface area contributed by atoms with Crippen molar-refractivity contribution in [3.8, 4) is 0 Å². The van der Waals surface area contributed by atoms with Crippen LogP contribution >= 0.6 is 0 Å². The Bertz CT molecular complexity index is 851. The third-order valence-electron chi connectivity index (χ3n) is 4.71. The first kappa shape index (κ1) is 15.0. The molecule has 1 fully saturated rings. The van der Waals surface area contributed by atoms with Gasteiger partial charge in [0.15, 0.2) is 6.20 Å². The van der Waals surface area contributed by atoms with Crippen LogP contribution in [0, 0.1) is 5.41 Å². The van der Waals surface area contributed by atoms with Gasteiger partial charge in [-0.2, -0.15) is 0 Å². The summed E-state index contributed by atoms with van der Waals surface area (Å²) in [5, 5.41) is 11.7. The summed E-state index contributed by atoms with van der Waals surface area (Å²) in [5.41, 5.74) is 3.41. The number of hydrogen-bond donors (Lipinski definition) is 2. The predicted octanol–water partition coefficient (Wildman–Crippen LogP) is 0.844. The Morgan fingerprint density at radius 3 is 2.62 bits per heavy atom. The standard InChI is InChI=1S/C18H23N6/c1-21-9-6-17-23(12-13-24(17)21)14-15-2-4-16(5-3-15)18(19)22-10-7-20-8-11-22/h2-6,9,12-13,19-20H,7-8,10-11,14H2,1H3/q+1. The van der Waals surface area contributed by atoms with Crippen LogP contribution < -0.4 is 9.88 Å². The van der Waals surface area contributed by atoms with Crippen LogP contribution in [0.5, 0.6) is 0 Å². The number of aromatic nitrogens is 3. The quantitative estimate of drug-likeness (QED) is 0.426. The highest BCUT2D eigenvalue weighted by Gasteiger charge is 2.15. The largest absolute Gasteiger partial charge is 0.354 e. The van der Waals surface area contributed by atoms with Gasteiger partial charge in [-0.05, 0) is 5.56 Å². The van der Waals surface area contributed by atoms with Crippen LogP contribution in [0.4, 0.5) is 0 Å². The molecule has 2 aromatic heterocycles. The van der Waals surface area contributed by atoms with Crippen molar-refractivity contribution in [2.24, 2.45) is 7.05 Å². The zero-order chi connectivity index (χ0) is 16.5. The molecule has 4 rings (SSSR count). The third-order valence-corrected chi connectivity index (χ3v) is 4.71. The van der Waals surface area contributed by atoms with Gasteiger partial charge in [0.1, 0.15) is 18.6 Å². The minimum Gasteiger partial charge on any atom is -0.354 e. The van der Waals surface area contributed by atoms with Gasteiger partial charge < -0.3 is 10.2 Å². The van der Waals surface area contributed by atoms with E-state index >= 15 is 0 Å². The van der Waals surface area contributed by atoms with Crippen molar-refractivity contribution in [1.82, 2.24) is 19.4 Å². The van der Waals surface area contributed by atoms with E-state index in [2.05, 4.69) is 72.9 Å². The molecular formula is C18H23N6+. The molecule has 1 aliphatic heterocycles. The smallest absolute Gasteiger partial charge is 0.307 e. The van der Waals surface area contributed by atoms with Crippen molar-refractivity contribution in [3.05, 3.63) is 60.0 Å². The van der Waals surface area contributed by atoms with E-state index in [1.54, 1.807) is 0 Å². The maximum absolute atomic E-state index is 8.39. The molecule has 0 aliphatic carbocycles. The highest BCUT2D eigenvalue weighted by atomic mass is 15.4. The number of benzene rings is 1. The van der Waals surface area contributed by atoms with E-state index in [1.165, 1.54) is 11.2 Å². The van der Waals surface area contributed by atoms with Gasteiger partial charge in [0.05, 0.1) is 0 Å². The number of fused-ring (bicyclic) bond motifs is 1. The van der Waals surface area contributed by atoms with Crippen molar-refractivity contribution in [2.45, 2.75) is 6.54 Å². The van der Waals surface area contributed by atoms with Crippen LogP contribution in [-0.4, -0.2) is 46.1 Å². The molecule has 124 valence electrons. The molecule has 3 aromatic rings. The molecule has 24 heavy (non-hydrogen) atoms. The van der Waals surface area contributed by atoms with Crippen LogP contribution in [0.3, 0.4) is 0 Å². The summed E-state index contributed by atoms with van der Waals surface area (Å²) < 4.78 is 6.41. The van der Waals surface area contributed by atoms with Gasteiger partial charge in [0.2, 0.25) is 0 Å². The van der Waals surface area contributed by atoms with Crippen molar-refractivity contribution in [2.75, 3.05) is 26.2 Å². The van der Waals surface area contributed by atoms with Gasteiger partial charge >= 0.3 is 5.65 Å². The summed E-state index contributed by atoms with van der Waals surface area (Å²) >= 11 is 0. The van der Waals surface area contributed by atoms with E-state index in [4.69, 9.17) is 5.41 Å². The molecule has 0 spiro atoms. The molecule has 6 heteroatoms. The van der Waals surface area contributed by atoms with E-state index in [9.17, 15) is 0 Å². The summed E-state index contributed by atoms with van der Waals surface area (Å²) in [5.74, 6) is 0.630. The molecule has 0 atom stereocenters. The van der Waals surface area contributed by atoms with Crippen LogP contribution in [0.2, 0.25) is 0 Å². The van der Waals surface area contributed by atoms with Gasteiger partial charge in [-0.25, -0.2) is 9.25 Å². The first-order valence-corrected chi connectivity index (χ1v) is 8.38. The topological polar surface area (TPSA) is 52.3 Å². The number of nitrogens with one attached hydrogen (secondary N) is 2. The SMILES string of the molecule is Cn1ccc2n1cc[n+]2Cc1ccc(C(=N)N2CCNCC2)cc1. The van der Waals surface area contributed by atoms with E-state index in [-0.39, 0.29) is 0 Å². The second-order valence-electron chi connectivity index (χ2n) is 6.30. The van der Waals surface area contributed by atoms with Crippen LogP contribution in [0.25, 0.3) is 5.65 Å². The molecule has 0 radical (unpaired) electrons. The highest BCUT2D eigenvalue weighted by Crippen LogP contribution is 2.09. The normalized spacial score (nSPS) is 15.1. The molecule has 3 heterocycles. The Kier molecular flexibility index (Phi) is 3.82.